The van der Waals surface area contributed by atoms with Crippen LogP contribution >= 0.6 is 11.6 Å². The molecule has 114 valence electrons. The fourth-order valence-corrected chi connectivity index (χ4v) is 2.24. The summed E-state index contributed by atoms with van der Waals surface area (Å²) in [6, 6.07) is 7.24. The van der Waals surface area contributed by atoms with Gasteiger partial charge in [0, 0.05) is 18.2 Å². The first-order chi connectivity index (χ1) is 10.1. The van der Waals surface area contributed by atoms with Crippen molar-refractivity contribution in [2.45, 2.75) is 38.5 Å². The number of carbonyl (C=O) groups is 2. The second-order valence-corrected chi connectivity index (χ2v) is 5.30. The molecule has 1 aromatic carbocycles. The quantitative estimate of drug-likeness (QED) is 0.846. The highest BCUT2D eigenvalue weighted by Crippen LogP contribution is 2.15. The molecule has 1 fully saturated rings. The highest BCUT2D eigenvalue weighted by molar-refractivity contribution is 6.31. The van der Waals surface area contributed by atoms with Gasteiger partial charge in [-0.2, -0.15) is 0 Å². The minimum absolute atomic E-state index is 0.292. The van der Waals surface area contributed by atoms with E-state index in [9.17, 15) is 9.59 Å². The van der Waals surface area contributed by atoms with Crippen molar-refractivity contribution in [1.29, 1.82) is 0 Å². The Bertz CT molecular complexity index is 514. The highest BCUT2D eigenvalue weighted by atomic mass is 35.5. The molecule has 2 rings (SSSR count). The van der Waals surface area contributed by atoms with Crippen LogP contribution in [0.3, 0.4) is 0 Å². The molecular formula is C15H18ClNO4. The minimum Gasteiger partial charge on any atom is -0.451 e. The smallest absolute Gasteiger partial charge is 0.336 e. The second-order valence-electron chi connectivity index (χ2n) is 4.89. The average molecular weight is 312 g/mol. The molecule has 0 radical (unpaired) electrons. The van der Waals surface area contributed by atoms with Crippen molar-refractivity contribution < 1.29 is 19.1 Å². The molecule has 0 spiro atoms. The molecule has 21 heavy (non-hydrogen) atoms. The van der Waals surface area contributed by atoms with Gasteiger partial charge in [-0.3, -0.25) is 4.79 Å². The lowest BCUT2D eigenvalue weighted by Gasteiger charge is -2.16. The Morgan fingerprint density at radius 1 is 1.48 bits per heavy atom. The van der Waals surface area contributed by atoms with E-state index in [0.717, 1.165) is 12.0 Å². The SMILES string of the molecule is C[C@H](OC(=O)[C@H]1CCCO1)C(=O)NCc1ccccc1Cl. The summed E-state index contributed by atoms with van der Waals surface area (Å²) in [4.78, 5) is 23.6. The number of hydrogen-bond acceptors (Lipinski definition) is 4. The molecule has 0 bridgehead atoms. The molecule has 1 aromatic rings. The van der Waals surface area contributed by atoms with E-state index in [1.54, 1.807) is 6.07 Å². The number of ether oxygens (including phenoxy) is 2. The monoisotopic (exact) mass is 311 g/mol. The maximum absolute atomic E-state index is 11.9. The highest BCUT2D eigenvalue weighted by Gasteiger charge is 2.28. The summed E-state index contributed by atoms with van der Waals surface area (Å²) in [6.45, 7) is 2.39. The van der Waals surface area contributed by atoms with Crippen molar-refractivity contribution in [1.82, 2.24) is 5.32 Å². The van der Waals surface area contributed by atoms with E-state index in [1.807, 2.05) is 18.2 Å². The number of hydrogen-bond donors (Lipinski definition) is 1. The van der Waals surface area contributed by atoms with Crippen molar-refractivity contribution in [3.8, 4) is 0 Å². The molecule has 1 aliphatic rings. The maximum Gasteiger partial charge on any atom is 0.336 e. The van der Waals surface area contributed by atoms with Crippen LogP contribution in [0.5, 0.6) is 0 Å². The summed E-state index contributed by atoms with van der Waals surface area (Å²) in [7, 11) is 0. The predicted molar refractivity (Wildman–Crippen MR) is 77.8 cm³/mol. The molecule has 1 aliphatic heterocycles. The van der Waals surface area contributed by atoms with Crippen molar-refractivity contribution in [2.24, 2.45) is 0 Å². The third-order valence-corrected chi connectivity index (χ3v) is 3.63. The van der Waals surface area contributed by atoms with E-state index < -0.39 is 18.2 Å². The molecule has 5 nitrogen and oxygen atoms in total. The van der Waals surface area contributed by atoms with Gasteiger partial charge in [-0.1, -0.05) is 29.8 Å². The lowest BCUT2D eigenvalue weighted by Crippen LogP contribution is -2.37. The number of amides is 1. The van der Waals surface area contributed by atoms with Crippen LogP contribution in [0.15, 0.2) is 24.3 Å². The summed E-state index contributed by atoms with van der Waals surface area (Å²) in [5.74, 6) is -0.839. The third kappa shape index (κ3) is 4.44. The number of benzene rings is 1. The van der Waals surface area contributed by atoms with Crippen molar-refractivity contribution in [3.05, 3.63) is 34.9 Å². The minimum atomic E-state index is -0.857. The van der Waals surface area contributed by atoms with Crippen molar-refractivity contribution >= 4 is 23.5 Å². The molecular weight excluding hydrogens is 294 g/mol. The lowest BCUT2D eigenvalue weighted by molar-refractivity contribution is -0.163. The van der Waals surface area contributed by atoms with Crippen LogP contribution in [0.2, 0.25) is 5.02 Å². The number of nitrogens with one attached hydrogen (secondary N) is 1. The van der Waals surface area contributed by atoms with Gasteiger partial charge >= 0.3 is 5.97 Å². The number of rotatable bonds is 5. The van der Waals surface area contributed by atoms with Gasteiger partial charge in [0.2, 0.25) is 0 Å². The van der Waals surface area contributed by atoms with Gasteiger partial charge in [-0.15, -0.1) is 0 Å². The van der Waals surface area contributed by atoms with Gasteiger partial charge < -0.3 is 14.8 Å². The molecule has 1 N–H and O–H groups in total. The lowest BCUT2D eigenvalue weighted by atomic mass is 10.2. The number of halogens is 1. The Kier molecular flexibility index (Phi) is 5.59. The van der Waals surface area contributed by atoms with Crippen molar-refractivity contribution in [3.63, 3.8) is 0 Å². The zero-order chi connectivity index (χ0) is 15.2. The molecule has 0 saturated carbocycles. The Morgan fingerprint density at radius 2 is 2.24 bits per heavy atom. The summed E-state index contributed by atoms with van der Waals surface area (Å²) >= 11 is 6.00. The van der Waals surface area contributed by atoms with Crippen LogP contribution in [0.25, 0.3) is 0 Å². The Morgan fingerprint density at radius 3 is 2.90 bits per heavy atom. The van der Waals surface area contributed by atoms with E-state index in [2.05, 4.69) is 5.32 Å². The molecule has 0 unspecified atom stereocenters. The first-order valence-corrected chi connectivity index (χ1v) is 7.29. The molecule has 1 heterocycles. The standard InChI is InChI=1S/C15H18ClNO4/c1-10(21-15(19)13-7-4-8-20-13)14(18)17-9-11-5-2-3-6-12(11)16/h2-3,5-6,10,13H,4,7-9H2,1H3,(H,17,18)/t10-,13+/m0/s1. The van der Waals surface area contributed by atoms with Gasteiger partial charge in [0.15, 0.2) is 12.2 Å². The molecule has 6 heteroatoms. The van der Waals surface area contributed by atoms with Crippen LogP contribution in [0.1, 0.15) is 25.3 Å². The van der Waals surface area contributed by atoms with E-state index in [-0.39, 0.29) is 5.91 Å². The van der Waals surface area contributed by atoms with Crippen LogP contribution in [0, 0.1) is 0 Å². The Labute approximate surface area is 128 Å². The first-order valence-electron chi connectivity index (χ1n) is 6.91. The zero-order valence-corrected chi connectivity index (χ0v) is 12.6. The van der Waals surface area contributed by atoms with Crippen LogP contribution in [0.4, 0.5) is 0 Å². The molecule has 0 aliphatic carbocycles. The zero-order valence-electron chi connectivity index (χ0n) is 11.8. The third-order valence-electron chi connectivity index (χ3n) is 3.27. The predicted octanol–water partition coefficient (Wildman–Crippen LogP) is 2.07. The number of carbonyl (C=O) groups excluding carboxylic acids is 2. The first kappa shape index (κ1) is 15.8. The summed E-state index contributed by atoms with van der Waals surface area (Å²) in [5, 5.41) is 3.28. The summed E-state index contributed by atoms with van der Waals surface area (Å²) in [6.07, 6.45) is 0.0904. The van der Waals surface area contributed by atoms with Gasteiger partial charge in [0.05, 0.1) is 0 Å². The van der Waals surface area contributed by atoms with Gasteiger partial charge in [-0.05, 0) is 31.4 Å². The van der Waals surface area contributed by atoms with E-state index in [4.69, 9.17) is 21.1 Å². The van der Waals surface area contributed by atoms with E-state index >= 15 is 0 Å². The van der Waals surface area contributed by atoms with Gasteiger partial charge in [-0.25, -0.2) is 4.79 Å². The fourth-order valence-electron chi connectivity index (χ4n) is 2.04. The number of esters is 1. The van der Waals surface area contributed by atoms with Crippen LogP contribution in [-0.4, -0.2) is 30.7 Å². The Hall–Kier alpha value is -1.59. The fraction of sp³-hybridized carbons (Fsp3) is 0.467. The second kappa shape index (κ2) is 7.43. The van der Waals surface area contributed by atoms with Gasteiger partial charge in [0.25, 0.3) is 5.91 Å². The molecule has 2 atom stereocenters. The van der Waals surface area contributed by atoms with Gasteiger partial charge in [0.1, 0.15) is 0 Å². The van der Waals surface area contributed by atoms with Crippen molar-refractivity contribution in [2.75, 3.05) is 6.61 Å². The summed E-state index contributed by atoms with van der Waals surface area (Å²) < 4.78 is 10.3. The Balaban J connectivity index is 1.79. The molecule has 1 amide bonds. The summed E-state index contributed by atoms with van der Waals surface area (Å²) in [5.41, 5.74) is 0.810. The molecule has 1 saturated heterocycles. The van der Waals surface area contributed by atoms with Crippen LogP contribution < -0.4 is 5.32 Å². The maximum atomic E-state index is 11.9. The molecule has 0 aromatic heterocycles. The van der Waals surface area contributed by atoms with E-state index in [1.165, 1.54) is 6.92 Å². The van der Waals surface area contributed by atoms with Crippen LogP contribution in [-0.2, 0) is 25.6 Å². The van der Waals surface area contributed by atoms with E-state index in [0.29, 0.717) is 24.6 Å². The normalized spacial score (nSPS) is 19.0. The largest absolute Gasteiger partial charge is 0.451 e. The topological polar surface area (TPSA) is 64.6 Å². The average Bonchev–Trinajstić information content (AvgIpc) is 3.00.